The van der Waals surface area contributed by atoms with Crippen LogP contribution in [0.15, 0.2) is 45.6 Å². The zero-order chi connectivity index (χ0) is 18.5. The van der Waals surface area contributed by atoms with E-state index in [4.69, 9.17) is 4.52 Å². The van der Waals surface area contributed by atoms with Crippen LogP contribution in [-0.4, -0.2) is 22.0 Å². The summed E-state index contributed by atoms with van der Waals surface area (Å²) in [6.45, 7) is 1.42. The highest BCUT2D eigenvalue weighted by Crippen LogP contribution is 2.25. The second-order valence-corrected chi connectivity index (χ2v) is 6.24. The molecule has 0 saturated heterocycles. The van der Waals surface area contributed by atoms with Crippen molar-refractivity contribution in [1.29, 1.82) is 0 Å². The molecule has 0 spiro atoms. The molecule has 26 heavy (non-hydrogen) atoms. The number of thiophene rings is 1. The van der Waals surface area contributed by atoms with Gasteiger partial charge in [-0.2, -0.15) is 16.3 Å². The number of nitrogens with zero attached hydrogens (tertiary/aromatic N) is 2. The van der Waals surface area contributed by atoms with E-state index in [-0.39, 0.29) is 18.2 Å². The zero-order valence-electron chi connectivity index (χ0n) is 13.8. The summed E-state index contributed by atoms with van der Waals surface area (Å²) < 4.78 is 5.23. The van der Waals surface area contributed by atoms with Crippen LogP contribution in [0.5, 0.6) is 0 Å². The lowest BCUT2D eigenvalue weighted by molar-refractivity contribution is -0.304. The molecule has 1 aromatic carbocycles. The number of carboxylic acids is 1. The van der Waals surface area contributed by atoms with Crippen LogP contribution >= 0.6 is 11.3 Å². The Hall–Kier alpha value is -3.26. The highest BCUT2D eigenvalue weighted by atomic mass is 32.1. The average molecular weight is 368 g/mol. The minimum absolute atomic E-state index is 0.126. The molecule has 1 amide bonds. The lowest BCUT2D eigenvalue weighted by Gasteiger charge is -2.05. The smallest absolute Gasteiger partial charge is 0.254 e. The second-order valence-electron chi connectivity index (χ2n) is 5.46. The molecule has 0 aliphatic rings. The maximum Gasteiger partial charge on any atom is 0.254 e. The van der Waals surface area contributed by atoms with Gasteiger partial charge < -0.3 is 19.7 Å². The molecule has 0 aliphatic heterocycles. The van der Waals surface area contributed by atoms with Gasteiger partial charge in [0.1, 0.15) is 0 Å². The standard InChI is InChI=1S/C18H15N3O4S/c1-11(22)19-15-4-2-12(3-5-15)8-14(9-16(23)24)18-20-17(21-25-18)13-6-7-26-10-13/h2-8,10H,9H2,1H3,(H,19,22)(H,23,24)/p-1/b14-8+. The van der Waals surface area contributed by atoms with E-state index in [0.717, 1.165) is 11.1 Å². The summed E-state index contributed by atoms with van der Waals surface area (Å²) in [5.41, 5.74) is 2.52. The summed E-state index contributed by atoms with van der Waals surface area (Å²) in [4.78, 5) is 26.4. The van der Waals surface area contributed by atoms with E-state index in [0.29, 0.717) is 17.1 Å². The predicted molar refractivity (Wildman–Crippen MR) is 95.9 cm³/mol. The van der Waals surface area contributed by atoms with Gasteiger partial charge in [0, 0.05) is 41.5 Å². The van der Waals surface area contributed by atoms with E-state index in [2.05, 4.69) is 15.5 Å². The SMILES string of the molecule is CC(=O)Nc1ccc(/C=C(\CC(=O)[O-])c2nc(-c3ccsc3)no2)cc1. The minimum Gasteiger partial charge on any atom is -0.550 e. The molecule has 2 heterocycles. The summed E-state index contributed by atoms with van der Waals surface area (Å²) in [6.07, 6.45) is 1.27. The lowest BCUT2D eigenvalue weighted by Crippen LogP contribution is -2.22. The number of nitrogens with one attached hydrogen (secondary N) is 1. The van der Waals surface area contributed by atoms with E-state index in [1.165, 1.54) is 18.3 Å². The zero-order valence-corrected chi connectivity index (χ0v) is 14.6. The van der Waals surface area contributed by atoms with Crippen LogP contribution in [0.3, 0.4) is 0 Å². The van der Waals surface area contributed by atoms with Crippen LogP contribution in [-0.2, 0) is 9.59 Å². The molecule has 0 fully saturated rings. The molecule has 3 rings (SSSR count). The van der Waals surface area contributed by atoms with Crippen molar-refractivity contribution in [3.05, 3.63) is 52.5 Å². The van der Waals surface area contributed by atoms with Gasteiger partial charge in [-0.15, -0.1) is 0 Å². The van der Waals surface area contributed by atoms with Crippen molar-refractivity contribution >= 4 is 40.5 Å². The lowest BCUT2D eigenvalue weighted by atomic mass is 10.1. The van der Waals surface area contributed by atoms with Crippen molar-refractivity contribution < 1.29 is 19.2 Å². The fraction of sp³-hybridized carbons (Fsp3) is 0.111. The first kappa shape index (κ1) is 17.6. The van der Waals surface area contributed by atoms with Crippen LogP contribution < -0.4 is 10.4 Å². The van der Waals surface area contributed by atoms with Gasteiger partial charge in [-0.1, -0.05) is 17.3 Å². The number of benzene rings is 1. The van der Waals surface area contributed by atoms with E-state index < -0.39 is 5.97 Å². The Labute approximate surface area is 153 Å². The second kappa shape index (κ2) is 7.75. The Morgan fingerprint density at radius 2 is 2.04 bits per heavy atom. The average Bonchev–Trinajstić information content (AvgIpc) is 3.26. The van der Waals surface area contributed by atoms with Crippen molar-refractivity contribution in [3.8, 4) is 11.4 Å². The third kappa shape index (κ3) is 4.42. The molecule has 7 nitrogen and oxygen atoms in total. The molecule has 2 aromatic heterocycles. The molecule has 0 radical (unpaired) electrons. The Morgan fingerprint density at radius 3 is 2.65 bits per heavy atom. The summed E-state index contributed by atoms with van der Waals surface area (Å²) in [5.74, 6) is -0.896. The van der Waals surface area contributed by atoms with Crippen LogP contribution in [0.2, 0.25) is 0 Å². The van der Waals surface area contributed by atoms with Crippen LogP contribution in [0, 0.1) is 0 Å². The molecule has 1 N–H and O–H groups in total. The monoisotopic (exact) mass is 368 g/mol. The number of hydrogen-bond donors (Lipinski definition) is 1. The number of hydrogen-bond acceptors (Lipinski definition) is 7. The van der Waals surface area contributed by atoms with Gasteiger partial charge in [0.25, 0.3) is 5.89 Å². The van der Waals surface area contributed by atoms with Crippen molar-refractivity contribution in [1.82, 2.24) is 10.1 Å². The molecule has 0 bridgehead atoms. The van der Waals surface area contributed by atoms with E-state index in [9.17, 15) is 14.7 Å². The van der Waals surface area contributed by atoms with Crippen LogP contribution in [0.25, 0.3) is 23.0 Å². The first-order chi connectivity index (χ1) is 12.5. The van der Waals surface area contributed by atoms with Crippen molar-refractivity contribution in [2.45, 2.75) is 13.3 Å². The molecule has 0 saturated carbocycles. The molecule has 132 valence electrons. The van der Waals surface area contributed by atoms with E-state index in [1.54, 1.807) is 30.3 Å². The van der Waals surface area contributed by atoms with Gasteiger partial charge >= 0.3 is 0 Å². The van der Waals surface area contributed by atoms with Gasteiger partial charge in [0.05, 0.1) is 0 Å². The number of carbonyl (C=O) groups excluding carboxylic acids is 2. The largest absolute Gasteiger partial charge is 0.550 e. The number of rotatable bonds is 6. The summed E-state index contributed by atoms with van der Waals surface area (Å²) >= 11 is 1.50. The van der Waals surface area contributed by atoms with Gasteiger partial charge in [-0.05, 0) is 35.2 Å². The Morgan fingerprint density at radius 1 is 1.27 bits per heavy atom. The number of carboxylic acid groups (broad SMARTS) is 1. The maximum atomic E-state index is 11.1. The van der Waals surface area contributed by atoms with Crippen molar-refractivity contribution in [3.63, 3.8) is 0 Å². The Kier molecular flexibility index (Phi) is 5.23. The number of anilines is 1. The molecular formula is C18H14N3O4S-. The van der Waals surface area contributed by atoms with Crippen molar-refractivity contribution in [2.24, 2.45) is 0 Å². The summed E-state index contributed by atoms with van der Waals surface area (Å²) in [7, 11) is 0. The molecule has 3 aromatic rings. The molecule has 8 heteroatoms. The summed E-state index contributed by atoms with van der Waals surface area (Å²) in [5, 5.41) is 21.4. The fourth-order valence-corrected chi connectivity index (χ4v) is 2.91. The highest BCUT2D eigenvalue weighted by Gasteiger charge is 2.14. The third-order valence-corrected chi connectivity index (χ3v) is 4.07. The van der Waals surface area contributed by atoms with Gasteiger partial charge in [0.15, 0.2) is 0 Å². The van der Waals surface area contributed by atoms with E-state index >= 15 is 0 Å². The number of carbonyl (C=O) groups is 2. The third-order valence-electron chi connectivity index (χ3n) is 3.39. The molecule has 0 atom stereocenters. The molecule has 0 unspecified atom stereocenters. The molecule has 0 aliphatic carbocycles. The van der Waals surface area contributed by atoms with Gasteiger partial charge in [-0.25, -0.2) is 0 Å². The minimum atomic E-state index is -1.25. The topological polar surface area (TPSA) is 108 Å². The van der Waals surface area contributed by atoms with Gasteiger partial charge in [-0.3, -0.25) is 4.79 Å². The van der Waals surface area contributed by atoms with Crippen molar-refractivity contribution in [2.75, 3.05) is 5.32 Å². The quantitative estimate of drug-likeness (QED) is 0.716. The number of aromatic nitrogens is 2. The van der Waals surface area contributed by atoms with Crippen LogP contribution in [0.1, 0.15) is 24.8 Å². The number of amides is 1. The fourth-order valence-electron chi connectivity index (χ4n) is 2.27. The van der Waals surface area contributed by atoms with Gasteiger partial charge in [0.2, 0.25) is 11.7 Å². The van der Waals surface area contributed by atoms with Crippen LogP contribution in [0.4, 0.5) is 5.69 Å². The summed E-state index contributed by atoms with van der Waals surface area (Å²) in [6, 6.07) is 8.78. The first-order valence-electron chi connectivity index (χ1n) is 7.66. The maximum absolute atomic E-state index is 11.1. The Bertz CT molecular complexity index is 943. The Balaban J connectivity index is 1.89. The van der Waals surface area contributed by atoms with E-state index in [1.807, 2.05) is 16.8 Å². The number of aliphatic carboxylic acids is 1. The first-order valence-corrected chi connectivity index (χ1v) is 8.60. The molecular weight excluding hydrogens is 354 g/mol. The normalized spacial score (nSPS) is 11.3. The predicted octanol–water partition coefficient (Wildman–Crippen LogP) is 2.44. The highest BCUT2D eigenvalue weighted by molar-refractivity contribution is 7.08.